The van der Waals surface area contributed by atoms with Gasteiger partial charge in [0.1, 0.15) is 11.6 Å². The molecule has 0 saturated heterocycles. The molecule has 2 aromatic carbocycles. The van der Waals surface area contributed by atoms with Gasteiger partial charge in [0.2, 0.25) is 5.88 Å². The Morgan fingerprint density at radius 3 is 2.41 bits per heavy atom. The zero-order valence-corrected chi connectivity index (χ0v) is 16.8. The predicted molar refractivity (Wildman–Crippen MR) is 112 cm³/mol. The van der Waals surface area contributed by atoms with Gasteiger partial charge < -0.3 is 5.11 Å². The van der Waals surface area contributed by atoms with Gasteiger partial charge in [0, 0.05) is 5.56 Å². The highest BCUT2D eigenvalue weighted by Crippen LogP contribution is 2.31. The van der Waals surface area contributed by atoms with Crippen molar-refractivity contribution in [3.63, 3.8) is 0 Å². The molecule has 1 atom stereocenters. The molecule has 0 radical (unpaired) electrons. The highest BCUT2D eigenvalue weighted by Gasteiger charge is 2.23. The van der Waals surface area contributed by atoms with E-state index in [1.54, 1.807) is 13.8 Å². The molecule has 1 heterocycles. The minimum atomic E-state index is -0.496. The third kappa shape index (κ3) is 3.81. The van der Waals surface area contributed by atoms with Crippen LogP contribution < -0.4 is 5.56 Å². The van der Waals surface area contributed by atoms with Gasteiger partial charge in [-0.05, 0) is 50.5 Å². The van der Waals surface area contributed by atoms with E-state index in [1.807, 2.05) is 68.4 Å². The van der Waals surface area contributed by atoms with E-state index in [0.29, 0.717) is 11.3 Å². The summed E-state index contributed by atoms with van der Waals surface area (Å²) >= 11 is 0. The standard InChI is InChI=1S/C23H22N4O2/c1-14-10-11-15(2)20(12-14)25-26-21-16(3)19(13-24)22(28)27(23(21)29)17(4)18-8-6-5-7-9-18/h5-12,17,28H,1-4H3. The lowest BCUT2D eigenvalue weighted by molar-refractivity contribution is 0.393. The molecule has 3 aromatic rings. The van der Waals surface area contributed by atoms with E-state index < -0.39 is 11.6 Å². The molecule has 0 aliphatic heterocycles. The van der Waals surface area contributed by atoms with Gasteiger partial charge in [-0.15, -0.1) is 5.11 Å². The molecule has 0 fully saturated rings. The van der Waals surface area contributed by atoms with Crippen LogP contribution in [0.5, 0.6) is 5.88 Å². The zero-order valence-electron chi connectivity index (χ0n) is 16.8. The van der Waals surface area contributed by atoms with Crippen LogP contribution in [0.25, 0.3) is 0 Å². The Bertz CT molecular complexity index is 1190. The highest BCUT2D eigenvalue weighted by atomic mass is 16.3. The molecule has 0 aliphatic carbocycles. The Kier molecular flexibility index (Phi) is 5.60. The number of aryl methyl sites for hydroxylation is 2. The molecule has 0 bridgehead atoms. The fourth-order valence-corrected chi connectivity index (χ4v) is 3.20. The third-order valence-corrected chi connectivity index (χ3v) is 5.01. The van der Waals surface area contributed by atoms with Gasteiger partial charge in [-0.1, -0.05) is 42.5 Å². The molecule has 1 N–H and O–H groups in total. The number of aromatic nitrogens is 1. The van der Waals surface area contributed by atoms with Crippen molar-refractivity contribution in [2.45, 2.75) is 33.7 Å². The molecule has 146 valence electrons. The summed E-state index contributed by atoms with van der Waals surface area (Å²) in [6, 6.07) is 16.6. The van der Waals surface area contributed by atoms with Crippen molar-refractivity contribution in [2.75, 3.05) is 0 Å². The quantitative estimate of drug-likeness (QED) is 0.611. The van der Waals surface area contributed by atoms with Crippen molar-refractivity contribution < 1.29 is 5.11 Å². The summed E-state index contributed by atoms with van der Waals surface area (Å²) in [4.78, 5) is 13.2. The molecule has 0 saturated carbocycles. The predicted octanol–water partition coefficient (Wildman–Crippen LogP) is 5.38. The number of benzene rings is 2. The fourth-order valence-electron chi connectivity index (χ4n) is 3.20. The van der Waals surface area contributed by atoms with Crippen molar-refractivity contribution in [3.05, 3.63) is 86.7 Å². The summed E-state index contributed by atoms with van der Waals surface area (Å²) in [5.41, 5.74) is 3.30. The number of azo groups is 1. The first-order chi connectivity index (χ1) is 13.8. The number of rotatable bonds is 4. The van der Waals surface area contributed by atoms with Gasteiger partial charge in [0.15, 0.2) is 5.69 Å². The first-order valence-electron chi connectivity index (χ1n) is 9.27. The number of nitrogens with zero attached hydrogens (tertiary/aromatic N) is 4. The van der Waals surface area contributed by atoms with Crippen molar-refractivity contribution in [2.24, 2.45) is 10.2 Å². The lowest BCUT2D eigenvalue weighted by Gasteiger charge is -2.19. The first kappa shape index (κ1) is 20.0. The van der Waals surface area contributed by atoms with Gasteiger partial charge in [0.05, 0.1) is 11.7 Å². The summed E-state index contributed by atoms with van der Waals surface area (Å²) in [5.74, 6) is -0.364. The molecule has 3 rings (SSSR count). The second-order valence-electron chi connectivity index (χ2n) is 7.04. The van der Waals surface area contributed by atoms with Gasteiger partial charge in [0.25, 0.3) is 5.56 Å². The van der Waals surface area contributed by atoms with E-state index in [4.69, 9.17) is 0 Å². The van der Waals surface area contributed by atoms with Crippen molar-refractivity contribution in [3.8, 4) is 11.9 Å². The van der Waals surface area contributed by atoms with Gasteiger partial charge in [-0.2, -0.15) is 10.4 Å². The van der Waals surface area contributed by atoms with E-state index >= 15 is 0 Å². The summed E-state index contributed by atoms with van der Waals surface area (Å²) in [5, 5.41) is 28.7. The van der Waals surface area contributed by atoms with Gasteiger partial charge >= 0.3 is 0 Å². The Labute approximate surface area is 169 Å². The Morgan fingerprint density at radius 1 is 1.07 bits per heavy atom. The number of hydrogen-bond acceptors (Lipinski definition) is 5. The first-order valence-corrected chi connectivity index (χ1v) is 9.27. The maximum atomic E-state index is 13.2. The van der Waals surface area contributed by atoms with Crippen LogP contribution in [0.4, 0.5) is 11.4 Å². The monoisotopic (exact) mass is 386 g/mol. The largest absolute Gasteiger partial charge is 0.493 e. The fraction of sp³-hybridized carbons (Fsp3) is 0.217. The van der Waals surface area contributed by atoms with Crippen LogP contribution in [0.15, 0.2) is 63.6 Å². The normalized spacial score (nSPS) is 12.1. The van der Waals surface area contributed by atoms with Gasteiger partial charge in [-0.25, -0.2) is 0 Å². The maximum absolute atomic E-state index is 13.2. The number of aromatic hydroxyl groups is 1. The van der Waals surface area contributed by atoms with Crippen LogP contribution >= 0.6 is 0 Å². The van der Waals surface area contributed by atoms with Crippen LogP contribution in [0.2, 0.25) is 0 Å². The average molecular weight is 386 g/mol. The van der Waals surface area contributed by atoms with Crippen LogP contribution in [0, 0.1) is 32.1 Å². The minimum Gasteiger partial charge on any atom is -0.493 e. The van der Waals surface area contributed by atoms with E-state index in [-0.39, 0.29) is 17.1 Å². The highest BCUT2D eigenvalue weighted by molar-refractivity contribution is 5.57. The van der Waals surface area contributed by atoms with Crippen LogP contribution in [0.1, 0.15) is 40.8 Å². The molecule has 0 spiro atoms. The Morgan fingerprint density at radius 2 is 1.76 bits per heavy atom. The van der Waals surface area contributed by atoms with E-state index in [9.17, 15) is 15.2 Å². The molecule has 6 nitrogen and oxygen atoms in total. The Hall–Kier alpha value is -3.72. The number of hydrogen-bond donors (Lipinski definition) is 1. The molecule has 0 amide bonds. The van der Waals surface area contributed by atoms with E-state index in [2.05, 4.69) is 10.2 Å². The summed E-state index contributed by atoms with van der Waals surface area (Å²) in [6.07, 6.45) is 0. The summed E-state index contributed by atoms with van der Waals surface area (Å²) < 4.78 is 1.19. The molecule has 1 unspecified atom stereocenters. The number of pyridine rings is 1. The molecular formula is C23H22N4O2. The molecule has 1 aromatic heterocycles. The van der Waals surface area contributed by atoms with Crippen LogP contribution in [-0.2, 0) is 0 Å². The third-order valence-electron chi connectivity index (χ3n) is 5.01. The Balaban J connectivity index is 2.20. The maximum Gasteiger partial charge on any atom is 0.282 e. The molecule has 29 heavy (non-hydrogen) atoms. The summed E-state index contributed by atoms with van der Waals surface area (Å²) in [6.45, 7) is 7.24. The van der Waals surface area contributed by atoms with E-state index in [1.165, 1.54) is 4.57 Å². The lowest BCUT2D eigenvalue weighted by atomic mass is 10.1. The van der Waals surface area contributed by atoms with Crippen molar-refractivity contribution in [1.29, 1.82) is 5.26 Å². The topological polar surface area (TPSA) is 90.7 Å². The molecule has 6 heteroatoms. The van der Waals surface area contributed by atoms with Gasteiger partial charge in [-0.3, -0.25) is 9.36 Å². The molecular weight excluding hydrogens is 364 g/mol. The van der Waals surface area contributed by atoms with Crippen LogP contribution in [-0.4, -0.2) is 9.67 Å². The lowest BCUT2D eigenvalue weighted by Crippen LogP contribution is -2.25. The summed E-state index contributed by atoms with van der Waals surface area (Å²) in [7, 11) is 0. The minimum absolute atomic E-state index is 0.0160. The van der Waals surface area contributed by atoms with Crippen LogP contribution in [0.3, 0.4) is 0 Å². The zero-order chi connectivity index (χ0) is 21.1. The SMILES string of the molecule is Cc1ccc(C)c(N=Nc2c(C)c(C#N)c(O)n(C(C)c3ccccc3)c2=O)c1. The second-order valence-corrected chi connectivity index (χ2v) is 7.04. The van der Waals surface area contributed by atoms with Crippen molar-refractivity contribution >= 4 is 11.4 Å². The smallest absolute Gasteiger partial charge is 0.282 e. The molecule has 0 aliphatic rings. The van der Waals surface area contributed by atoms with E-state index in [0.717, 1.165) is 16.7 Å². The second kappa shape index (κ2) is 8.11. The number of nitriles is 1. The average Bonchev–Trinajstić information content (AvgIpc) is 2.71. The van der Waals surface area contributed by atoms with Crippen molar-refractivity contribution in [1.82, 2.24) is 4.57 Å².